The monoisotopic (exact) mass is 740 g/mol. The summed E-state index contributed by atoms with van der Waals surface area (Å²) in [6.07, 6.45) is -6.64. The van der Waals surface area contributed by atoms with Gasteiger partial charge in [-0.15, -0.1) is 24.8 Å². The molecule has 0 aliphatic heterocycles. The normalized spacial score (nSPS) is 13.8. The summed E-state index contributed by atoms with van der Waals surface area (Å²) in [5.74, 6) is -0.0608. The quantitative estimate of drug-likeness (QED) is 0.146. The van der Waals surface area contributed by atoms with Crippen LogP contribution in [0.5, 0.6) is 0 Å². The second-order valence-electron chi connectivity index (χ2n) is 10.4. The van der Waals surface area contributed by atoms with Crippen molar-refractivity contribution in [2.24, 2.45) is 9.98 Å². The molecule has 0 N–H and O–H groups in total. The lowest BCUT2D eigenvalue weighted by Gasteiger charge is -2.06. The lowest BCUT2D eigenvalue weighted by molar-refractivity contribution is -0.138. The van der Waals surface area contributed by atoms with Gasteiger partial charge in [-0.2, -0.15) is 26.3 Å². The minimum Gasteiger partial charge on any atom is -0.321 e. The molecule has 16 heteroatoms. The van der Waals surface area contributed by atoms with Gasteiger partial charge in [-0.05, 0) is 82.1 Å². The molecule has 6 nitrogen and oxygen atoms in total. The molecule has 0 saturated heterocycles. The number of carbonyl (C=O) groups is 2. The topological polar surface area (TPSA) is 68.7 Å². The van der Waals surface area contributed by atoms with E-state index in [1.165, 1.54) is 60.8 Å². The largest absolute Gasteiger partial charge is 0.416 e. The fraction of sp³-hybridized carbons (Fsp3) is 0.355. The number of hydrogen-bond donors (Lipinski definition) is 0. The summed E-state index contributed by atoms with van der Waals surface area (Å²) >= 11 is 2.54. The molecule has 0 amide bonds. The van der Waals surface area contributed by atoms with Crippen LogP contribution in [-0.2, 0) is 18.9 Å². The molecule has 5 rings (SSSR count). The van der Waals surface area contributed by atoms with Gasteiger partial charge in [0, 0.05) is 37.8 Å². The van der Waals surface area contributed by atoms with Crippen molar-refractivity contribution in [3.8, 4) is 0 Å². The molecule has 1 fully saturated rings. The van der Waals surface area contributed by atoms with E-state index in [1.807, 2.05) is 29.9 Å². The van der Waals surface area contributed by atoms with Crippen LogP contribution in [-0.4, -0.2) is 20.7 Å². The Balaban J connectivity index is 0.000000314. The van der Waals surface area contributed by atoms with Gasteiger partial charge < -0.3 is 9.13 Å². The first kappa shape index (κ1) is 40.0. The number of Topliss-reactive ketones (excluding diaryl/α,β-unsaturated/α-hetero) is 2. The predicted octanol–water partition coefficient (Wildman–Crippen LogP) is 9.82. The Morgan fingerprint density at radius 1 is 0.723 bits per heavy atom. The van der Waals surface area contributed by atoms with Gasteiger partial charge in [0.25, 0.3) is 0 Å². The van der Waals surface area contributed by atoms with Gasteiger partial charge in [0.2, 0.25) is 0 Å². The molecule has 0 radical (unpaired) electrons. The van der Waals surface area contributed by atoms with Crippen molar-refractivity contribution in [2.45, 2.75) is 72.4 Å². The first-order valence-corrected chi connectivity index (χ1v) is 15.5. The van der Waals surface area contributed by atoms with E-state index in [0.29, 0.717) is 43.3 Å². The van der Waals surface area contributed by atoms with Crippen molar-refractivity contribution in [2.75, 3.05) is 0 Å². The van der Waals surface area contributed by atoms with E-state index in [-0.39, 0.29) is 36.4 Å². The van der Waals surface area contributed by atoms with Crippen LogP contribution in [0.4, 0.5) is 37.7 Å². The molecule has 1 saturated carbocycles. The zero-order chi connectivity index (χ0) is 33.3. The van der Waals surface area contributed by atoms with Gasteiger partial charge in [-0.25, -0.2) is 9.98 Å². The third-order valence-electron chi connectivity index (χ3n) is 6.95. The maximum atomic E-state index is 12.6. The lowest BCUT2D eigenvalue weighted by atomic mass is 10.2. The van der Waals surface area contributed by atoms with Gasteiger partial charge in [0.05, 0.1) is 32.3 Å². The number of benzene rings is 2. The average Bonchev–Trinajstić information content (AvgIpc) is 3.66. The summed E-state index contributed by atoms with van der Waals surface area (Å²) in [5, 5.41) is 0. The number of rotatable bonds is 6. The average molecular weight is 742 g/mol. The number of halogens is 8. The van der Waals surface area contributed by atoms with Gasteiger partial charge in [0.1, 0.15) is 0 Å². The van der Waals surface area contributed by atoms with E-state index in [0.717, 1.165) is 48.5 Å². The summed E-state index contributed by atoms with van der Waals surface area (Å²) in [4.78, 5) is 34.6. The fourth-order valence-corrected chi connectivity index (χ4v) is 6.79. The van der Waals surface area contributed by atoms with E-state index in [2.05, 4.69) is 9.98 Å². The van der Waals surface area contributed by atoms with Gasteiger partial charge in [-0.3, -0.25) is 9.59 Å². The van der Waals surface area contributed by atoms with Gasteiger partial charge >= 0.3 is 12.4 Å². The van der Waals surface area contributed by atoms with Crippen LogP contribution in [0.15, 0.2) is 58.5 Å². The third kappa shape index (κ3) is 9.68. The first-order chi connectivity index (χ1) is 21.0. The predicted molar refractivity (Wildman–Crippen MR) is 176 cm³/mol. The van der Waals surface area contributed by atoms with E-state index in [9.17, 15) is 35.9 Å². The van der Waals surface area contributed by atoms with E-state index in [4.69, 9.17) is 0 Å². The molecule has 2 aromatic heterocycles. The maximum absolute atomic E-state index is 12.6. The Labute approximate surface area is 287 Å². The SMILES string of the molecule is CC(=O)c1sc(=Nc2ccc(C(F)(F)F)cc2)n(C2CC2)c1C.CCn1c(C)c(C(C)=O)sc1=Nc1ccc(C(F)(F)F)cc1.Cl.Cl. The highest BCUT2D eigenvalue weighted by atomic mass is 35.5. The standard InChI is InChI=1S/C16H15F3N2OS.C15H15F3N2OS.2ClH/c1-9-14(10(2)22)23-15(21(9)13-7-8-13)20-12-5-3-11(4-6-12)16(17,18)19;1-4-20-9(2)13(10(3)21)22-14(20)19-12-7-5-11(6-8-12)15(16,17)18;;/h3-6,13H,7-8H2,1-2H3;5-8H,4H2,1-3H3;2*1H. The van der Waals surface area contributed by atoms with Gasteiger partial charge in [-0.1, -0.05) is 22.7 Å². The van der Waals surface area contributed by atoms with Crippen LogP contribution in [0.2, 0.25) is 0 Å². The van der Waals surface area contributed by atoms with Crippen molar-refractivity contribution >= 4 is 70.4 Å². The molecule has 0 unspecified atom stereocenters. The summed E-state index contributed by atoms with van der Waals surface area (Å²) < 4.78 is 79.3. The third-order valence-corrected chi connectivity index (χ3v) is 9.49. The van der Waals surface area contributed by atoms with Crippen molar-refractivity contribution in [3.05, 3.63) is 90.4 Å². The Bertz CT molecular complexity index is 1850. The van der Waals surface area contributed by atoms with Crippen LogP contribution in [0.1, 0.15) is 81.5 Å². The highest BCUT2D eigenvalue weighted by Gasteiger charge is 2.31. The Hall–Kier alpha value is -3.20. The number of ketones is 2. The summed E-state index contributed by atoms with van der Waals surface area (Å²) in [7, 11) is 0. The number of hydrogen-bond acceptors (Lipinski definition) is 6. The molecule has 0 bridgehead atoms. The van der Waals surface area contributed by atoms with Crippen LogP contribution < -0.4 is 9.60 Å². The number of alkyl halides is 6. The summed E-state index contributed by atoms with van der Waals surface area (Å²) in [6.45, 7) is 9.28. The molecular formula is C31H32Cl2F6N4O2S2. The second-order valence-corrected chi connectivity index (χ2v) is 12.3. The second kappa shape index (κ2) is 15.8. The van der Waals surface area contributed by atoms with Gasteiger partial charge in [0.15, 0.2) is 21.2 Å². The fourth-order valence-electron chi connectivity index (χ4n) is 4.57. The molecule has 2 heterocycles. The number of carbonyl (C=O) groups excluding carboxylic acids is 2. The molecular weight excluding hydrogens is 709 g/mol. The molecule has 0 spiro atoms. The van der Waals surface area contributed by atoms with Crippen molar-refractivity contribution in [1.29, 1.82) is 0 Å². The Kier molecular flexibility index (Phi) is 13.4. The van der Waals surface area contributed by atoms with Crippen LogP contribution in [0.25, 0.3) is 0 Å². The maximum Gasteiger partial charge on any atom is 0.416 e. The minimum atomic E-state index is -4.36. The van der Waals surface area contributed by atoms with Crippen molar-refractivity contribution in [1.82, 2.24) is 9.13 Å². The van der Waals surface area contributed by atoms with Crippen LogP contribution in [0, 0.1) is 13.8 Å². The Morgan fingerprint density at radius 3 is 1.47 bits per heavy atom. The number of aromatic nitrogens is 2. The summed E-state index contributed by atoms with van der Waals surface area (Å²) in [6, 6.07) is 9.73. The zero-order valence-corrected chi connectivity index (χ0v) is 29.1. The highest BCUT2D eigenvalue weighted by Crippen LogP contribution is 2.36. The van der Waals surface area contributed by atoms with Crippen LogP contribution in [0.3, 0.4) is 0 Å². The molecule has 2 aromatic carbocycles. The first-order valence-electron chi connectivity index (χ1n) is 13.9. The molecule has 1 aliphatic rings. The smallest absolute Gasteiger partial charge is 0.321 e. The minimum absolute atomic E-state index is 0. The van der Waals surface area contributed by atoms with E-state index >= 15 is 0 Å². The van der Waals surface area contributed by atoms with E-state index in [1.54, 1.807) is 0 Å². The number of nitrogens with zero attached hydrogens (tertiary/aromatic N) is 4. The zero-order valence-electron chi connectivity index (χ0n) is 25.8. The molecule has 47 heavy (non-hydrogen) atoms. The van der Waals surface area contributed by atoms with Crippen LogP contribution >= 0.6 is 47.5 Å². The van der Waals surface area contributed by atoms with E-state index < -0.39 is 23.5 Å². The van der Waals surface area contributed by atoms with Crippen molar-refractivity contribution in [3.63, 3.8) is 0 Å². The lowest BCUT2D eigenvalue weighted by Crippen LogP contribution is -2.14. The van der Waals surface area contributed by atoms with Crippen molar-refractivity contribution < 1.29 is 35.9 Å². The molecule has 0 atom stereocenters. The summed E-state index contributed by atoms with van der Waals surface area (Å²) in [5.41, 5.74) is 1.18. The number of thiazole rings is 2. The molecule has 1 aliphatic carbocycles. The molecule has 256 valence electrons. The Morgan fingerprint density at radius 2 is 1.11 bits per heavy atom. The highest BCUT2D eigenvalue weighted by molar-refractivity contribution is 7.11. The molecule has 4 aromatic rings.